The SMILES string of the molecule is CCCC1=C(C)OC(c2ccccc2)N1.Cc1ccc(Br)cc1. The van der Waals surface area contributed by atoms with E-state index in [2.05, 4.69) is 59.4 Å². The standard InChI is InChI=1S/C13H17NO.C7H7Br/c1-3-7-12-10(2)15-13(14-12)11-8-5-4-6-9-11;1-6-2-4-7(8)5-3-6/h4-6,8-9,13-14H,3,7H2,1-2H3;2-5H,1H3. The number of aryl methyl sites for hydroxylation is 1. The second-order valence-electron chi connectivity index (χ2n) is 5.63. The highest BCUT2D eigenvalue weighted by Crippen LogP contribution is 2.28. The Kier molecular flexibility index (Phi) is 6.72. The van der Waals surface area contributed by atoms with Gasteiger partial charge < -0.3 is 10.1 Å². The van der Waals surface area contributed by atoms with Crippen LogP contribution in [-0.2, 0) is 4.74 Å². The minimum Gasteiger partial charge on any atom is -0.469 e. The number of halogens is 1. The van der Waals surface area contributed by atoms with Gasteiger partial charge in [0.05, 0.1) is 5.70 Å². The van der Waals surface area contributed by atoms with Crippen LogP contribution < -0.4 is 5.32 Å². The summed E-state index contributed by atoms with van der Waals surface area (Å²) >= 11 is 3.35. The molecular formula is C20H24BrNO. The molecule has 1 heterocycles. The fraction of sp³-hybridized carbons (Fsp3) is 0.300. The van der Waals surface area contributed by atoms with Crippen molar-refractivity contribution in [3.8, 4) is 0 Å². The maximum atomic E-state index is 5.78. The van der Waals surface area contributed by atoms with Gasteiger partial charge in [-0.15, -0.1) is 0 Å². The molecule has 1 N–H and O–H groups in total. The van der Waals surface area contributed by atoms with Gasteiger partial charge in [-0.1, -0.05) is 77.3 Å². The van der Waals surface area contributed by atoms with Crippen LogP contribution in [0.1, 0.15) is 44.0 Å². The van der Waals surface area contributed by atoms with Gasteiger partial charge in [0.2, 0.25) is 0 Å². The number of nitrogens with one attached hydrogen (secondary N) is 1. The van der Waals surface area contributed by atoms with Crippen molar-refractivity contribution in [2.45, 2.75) is 39.8 Å². The molecule has 23 heavy (non-hydrogen) atoms. The minimum atomic E-state index is 0.00718. The quantitative estimate of drug-likeness (QED) is 0.702. The van der Waals surface area contributed by atoms with E-state index in [1.165, 1.54) is 16.8 Å². The molecule has 3 rings (SSSR count). The first kappa shape index (κ1) is 17.6. The monoisotopic (exact) mass is 373 g/mol. The Balaban J connectivity index is 0.000000203. The smallest absolute Gasteiger partial charge is 0.195 e. The number of hydrogen-bond donors (Lipinski definition) is 1. The second kappa shape index (κ2) is 8.78. The molecule has 0 bridgehead atoms. The summed E-state index contributed by atoms with van der Waals surface area (Å²) in [5, 5.41) is 3.42. The van der Waals surface area contributed by atoms with E-state index >= 15 is 0 Å². The first-order chi connectivity index (χ1) is 11.1. The van der Waals surface area contributed by atoms with Gasteiger partial charge in [-0.25, -0.2) is 0 Å². The molecule has 1 aliphatic heterocycles. The minimum absolute atomic E-state index is 0.00718. The van der Waals surface area contributed by atoms with Gasteiger partial charge in [-0.3, -0.25) is 0 Å². The summed E-state index contributed by atoms with van der Waals surface area (Å²) in [4.78, 5) is 0. The van der Waals surface area contributed by atoms with E-state index in [0.717, 1.165) is 23.1 Å². The van der Waals surface area contributed by atoms with Gasteiger partial charge in [0.15, 0.2) is 6.23 Å². The van der Waals surface area contributed by atoms with E-state index in [9.17, 15) is 0 Å². The fourth-order valence-corrected chi connectivity index (χ4v) is 2.61. The summed E-state index contributed by atoms with van der Waals surface area (Å²) in [6.07, 6.45) is 2.22. The number of rotatable bonds is 3. The third-order valence-electron chi connectivity index (χ3n) is 3.64. The lowest BCUT2D eigenvalue weighted by atomic mass is 10.2. The predicted octanol–water partition coefficient (Wildman–Crippen LogP) is 6.09. The van der Waals surface area contributed by atoms with Crippen LogP contribution in [0.4, 0.5) is 0 Å². The molecule has 2 nitrogen and oxygen atoms in total. The Hall–Kier alpha value is -1.74. The predicted molar refractivity (Wildman–Crippen MR) is 99.9 cm³/mol. The Morgan fingerprint density at radius 2 is 1.65 bits per heavy atom. The van der Waals surface area contributed by atoms with Crippen molar-refractivity contribution in [1.29, 1.82) is 0 Å². The Morgan fingerprint density at radius 1 is 1.00 bits per heavy atom. The Morgan fingerprint density at radius 3 is 2.22 bits per heavy atom. The van der Waals surface area contributed by atoms with Crippen LogP contribution in [0.15, 0.2) is 70.5 Å². The van der Waals surface area contributed by atoms with Gasteiger partial charge in [-0.2, -0.15) is 0 Å². The summed E-state index contributed by atoms with van der Waals surface area (Å²) in [5.41, 5.74) is 3.72. The molecule has 0 aliphatic carbocycles. The lowest BCUT2D eigenvalue weighted by Crippen LogP contribution is -2.15. The molecule has 0 radical (unpaired) electrons. The molecule has 0 fully saturated rings. The van der Waals surface area contributed by atoms with Crippen molar-refractivity contribution < 1.29 is 4.74 Å². The average Bonchev–Trinajstić information content (AvgIpc) is 2.93. The molecule has 0 aromatic heterocycles. The molecule has 122 valence electrons. The van der Waals surface area contributed by atoms with E-state index in [4.69, 9.17) is 4.74 Å². The molecule has 0 amide bonds. The molecule has 1 unspecified atom stereocenters. The highest BCUT2D eigenvalue weighted by atomic mass is 79.9. The van der Waals surface area contributed by atoms with Crippen LogP contribution in [-0.4, -0.2) is 0 Å². The summed E-state index contributed by atoms with van der Waals surface area (Å²) in [5.74, 6) is 1.03. The van der Waals surface area contributed by atoms with Crippen molar-refractivity contribution >= 4 is 15.9 Å². The van der Waals surface area contributed by atoms with E-state index in [1.54, 1.807) is 0 Å². The number of hydrogen-bond acceptors (Lipinski definition) is 2. The highest BCUT2D eigenvalue weighted by molar-refractivity contribution is 9.10. The molecule has 3 heteroatoms. The van der Waals surface area contributed by atoms with Crippen LogP contribution in [0.3, 0.4) is 0 Å². The van der Waals surface area contributed by atoms with Crippen molar-refractivity contribution in [3.63, 3.8) is 0 Å². The zero-order valence-electron chi connectivity index (χ0n) is 14.0. The fourth-order valence-electron chi connectivity index (χ4n) is 2.35. The van der Waals surface area contributed by atoms with Gasteiger partial charge in [0.1, 0.15) is 5.76 Å². The lowest BCUT2D eigenvalue weighted by Gasteiger charge is -2.12. The van der Waals surface area contributed by atoms with Crippen molar-refractivity contribution in [2.75, 3.05) is 0 Å². The molecule has 0 spiro atoms. The van der Waals surface area contributed by atoms with Crippen LogP contribution in [0.25, 0.3) is 0 Å². The Bertz CT molecular complexity index is 613. The van der Waals surface area contributed by atoms with E-state index in [-0.39, 0.29) is 6.23 Å². The largest absolute Gasteiger partial charge is 0.469 e. The molecule has 1 aliphatic rings. The maximum absolute atomic E-state index is 5.78. The Labute approximate surface area is 147 Å². The molecule has 0 saturated heterocycles. The van der Waals surface area contributed by atoms with Gasteiger partial charge in [0, 0.05) is 10.0 Å². The number of allylic oxidation sites excluding steroid dienone is 2. The van der Waals surface area contributed by atoms with Crippen LogP contribution in [0, 0.1) is 6.92 Å². The van der Waals surface area contributed by atoms with E-state index < -0.39 is 0 Å². The normalized spacial score (nSPS) is 16.3. The van der Waals surface area contributed by atoms with Crippen LogP contribution in [0.2, 0.25) is 0 Å². The van der Waals surface area contributed by atoms with E-state index in [0.29, 0.717) is 0 Å². The molecule has 0 saturated carbocycles. The van der Waals surface area contributed by atoms with Gasteiger partial charge in [0.25, 0.3) is 0 Å². The summed E-state index contributed by atoms with van der Waals surface area (Å²) < 4.78 is 6.92. The van der Waals surface area contributed by atoms with Crippen molar-refractivity contribution in [1.82, 2.24) is 5.32 Å². The van der Waals surface area contributed by atoms with Crippen LogP contribution >= 0.6 is 15.9 Å². The summed E-state index contributed by atoms with van der Waals surface area (Å²) in [6, 6.07) is 18.5. The molecule has 2 aromatic carbocycles. The molecule has 1 atom stereocenters. The average molecular weight is 374 g/mol. The highest BCUT2D eigenvalue weighted by Gasteiger charge is 2.22. The van der Waals surface area contributed by atoms with Crippen molar-refractivity contribution in [3.05, 3.63) is 81.7 Å². The third-order valence-corrected chi connectivity index (χ3v) is 4.17. The van der Waals surface area contributed by atoms with Gasteiger partial charge in [-0.05, 0) is 32.4 Å². The number of benzene rings is 2. The second-order valence-corrected chi connectivity index (χ2v) is 6.55. The van der Waals surface area contributed by atoms with E-state index in [1.807, 2.05) is 37.3 Å². The number of ether oxygens (including phenoxy) is 1. The zero-order valence-corrected chi connectivity index (χ0v) is 15.6. The summed E-state index contributed by atoms with van der Waals surface area (Å²) in [6.45, 7) is 6.28. The van der Waals surface area contributed by atoms with Crippen molar-refractivity contribution in [2.24, 2.45) is 0 Å². The van der Waals surface area contributed by atoms with Crippen LogP contribution in [0.5, 0.6) is 0 Å². The topological polar surface area (TPSA) is 21.3 Å². The lowest BCUT2D eigenvalue weighted by molar-refractivity contribution is 0.130. The molecule has 2 aromatic rings. The third kappa shape index (κ3) is 5.43. The van der Waals surface area contributed by atoms with Gasteiger partial charge >= 0.3 is 0 Å². The zero-order chi connectivity index (χ0) is 16.7. The molecular weight excluding hydrogens is 350 g/mol. The maximum Gasteiger partial charge on any atom is 0.195 e. The first-order valence-corrected chi connectivity index (χ1v) is 8.79. The first-order valence-electron chi connectivity index (χ1n) is 8.00. The summed E-state index contributed by atoms with van der Waals surface area (Å²) in [7, 11) is 0.